The van der Waals surface area contributed by atoms with Crippen LogP contribution in [0.1, 0.15) is 18.4 Å². The van der Waals surface area contributed by atoms with E-state index in [0.717, 1.165) is 55.7 Å². The summed E-state index contributed by atoms with van der Waals surface area (Å²) in [5.41, 5.74) is 1.21. The average molecular weight is 353 g/mol. The molecule has 5 nitrogen and oxygen atoms in total. The monoisotopic (exact) mass is 352 g/mol. The van der Waals surface area contributed by atoms with Crippen LogP contribution < -0.4 is 5.32 Å². The van der Waals surface area contributed by atoms with Gasteiger partial charge in [0.05, 0.1) is 0 Å². The van der Waals surface area contributed by atoms with Gasteiger partial charge in [-0.15, -0.1) is 0 Å². The second-order valence-electron chi connectivity index (χ2n) is 6.58. The first kappa shape index (κ1) is 19.0. The minimum absolute atomic E-state index is 0.111. The molecule has 1 aliphatic rings. The molecule has 0 unspecified atom stereocenters. The molecule has 1 saturated heterocycles. The lowest BCUT2D eigenvalue weighted by Gasteiger charge is -2.43. The molecule has 0 atom stereocenters. The standard InChI is InChI=1S/C18H29ClN4O/c1-20-17(23(4)13-15-7-5-6-8-16(15)19)21-14-18(22(2)3)9-11-24-12-10-18/h5-8H,9-14H2,1-4H3,(H,20,21). The first-order valence-corrected chi connectivity index (χ1v) is 8.77. The summed E-state index contributed by atoms with van der Waals surface area (Å²) in [4.78, 5) is 8.84. The molecule has 24 heavy (non-hydrogen) atoms. The molecule has 0 amide bonds. The predicted molar refractivity (Wildman–Crippen MR) is 101 cm³/mol. The fraction of sp³-hybridized carbons (Fsp3) is 0.611. The summed E-state index contributed by atoms with van der Waals surface area (Å²) in [5, 5.41) is 4.32. The van der Waals surface area contributed by atoms with Gasteiger partial charge in [-0.25, -0.2) is 0 Å². The van der Waals surface area contributed by atoms with Crippen molar-refractivity contribution in [3.63, 3.8) is 0 Å². The molecule has 0 radical (unpaired) electrons. The van der Waals surface area contributed by atoms with E-state index in [2.05, 4.69) is 34.2 Å². The van der Waals surface area contributed by atoms with E-state index in [0.29, 0.717) is 0 Å². The lowest BCUT2D eigenvalue weighted by molar-refractivity contribution is -0.00522. The van der Waals surface area contributed by atoms with Gasteiger partial charge in [0.2, 0.25) is 0 Å². The van der Waals surface area contributed by atoms with Crippen molar-refractivity contribution < 1.29 is 4.74 Å². The first-order valence-electron chi connectivity index (χ1n) is 8.39. The molecule has 1 aromatic rings. The Kier molecular flexibility index (Phi) is 6.90. The third kappa shape index (κ3) is 4.62. The number of ether oxygens (including phenoxy) is 1. The van der Waals surface area contributed by atoms with Crippen LogP contribution in [0.2, 0.25) is 5.02 Å². The molecule has 0 saturated carbocycles. The normalized spacial score (nSPS) is 17.8. The van der Waals surface area contributed by atoms with E-state index in [1.165, 1.54) is 0 Å². The van der Waals surface area contributed by atoms with Crippen molar-refractivity contribution in [1.82, 2.24) is 15.1 Å². The molecule has 6 heteroatoms. The highest BCUT2D eigenvalue weighted by molar-refractivity contribution is 6.31. The van der Waals surface area contributed by atoms with Crippen LogP contribution in [-0.4, -0.2) is 69.2 Å². The minimum Gasteiger partial charge on any atom is -0.381 e. The van der Waals surface area contributed by atoms with E-state index >= 15 is 0 Å². The summed E-state index contributed by atoms with van der Waals surface area (Å²) < 4.78 is 5.54. The van der Waals surface area contributed by atoms with E-state index in [1.54, 1.807) is 0 Å². The zero-order valence-corrected chi connectivity index (χ0v) is 15.9. The average Bonchev–Trinajstić information content (AvgIpc) is 2.58. The summed E-state index contributed by atoms with van der Waals surface area (Å²) >= 11 is 6.27. The third-order valence-corrected chi connectivity index (χ3v) is 5.26. The number of nitrogens with one attached hydrogen (secondary N) is 1. The highest BCUT2D eigenvalue weighted by atomic mass is 35.5. The van der Waals surface area contributed by atoms with Crippen molar-refractivity contribution in [2.75, 3.05) is 47.9 Å². The van der Waals surface area contributed by atoms with Crippen molar-refractivity contribution in [3.8, 4) is 0 Å². The molecule has 134 valence electrons. The number of aliphatic imine (C=N–C) groups is 1. The molecule has 2 rings (SSSR count). The van der Waals surface area contributed by atoms with Crippen molar-refractivity contribution in [1.29, 1.82) is 0 Å². The zero-order valence-electron chi connectivity index (χ0n) is 15.2. The summed E-state index contributed by atoms with van der Waals surface area (Å²) in [6, 6.07) is 7.93. The van der Waals surface area contributed by atoms with Gasteiger partial charge < -0.3 is 19.9 Å². The highest BCUT2D eigenvalue weighted by Crippen LogP contribution is 2.25. The van der Waals surface area contributed by atoms with Crippen LogP contribution in [0, 0.1) is 0 Å². The van der Waals surface area contributed by atoms with Gasteiger partial charge in [-0.3, -0.25) is 4.99 Å². The predicted octanol–water partition coefficient (Wildman–Crippen LogP) is 2.46. The highest BCUT2D eigenvalue weighted by Gasteiger charge is 2.35. The number of halogens is 1. The van der Waals surface area contributed by atoms with E-state index in [-0.39, 0.29) is 5.54 Å². The molecule has 0 spiro atoms. The zero-order chi connectivity index (χ0) is 17.6. The van der Waals surface area contributed by atoms with Crippen LogP contribution in [0.15, 0.2) is 29.3 Å². The van der Waals surface area contributed by atoms with Crippen LogP contribution >= 0.6 is 11.6 Å². The molecule has 1 aromatic carbocycles. The number of hydrogen-bond acceptors (Lipinski definition) is 3. The maximum atomic E-state index is 6.27. The molecule has 0 aliphatic carbocycles. The van der Waals surface area contributed by atoms with Crippen LogP contribution in [0.25, 0.3) is 0 Å². The van der Waals surface area contributed by atoms with Crippen molar-refractivity contribution in [2.45, 2.75) is 24.9 Å². The number of likely N-dealkylation sites (N-methyl/N-ethyl adjacent to an activating group) is 1. The Labute approximate surface area is 150 Å². The van der Waals surface area contributed by atoms with Crippen molar-refractivity contribution >= 4 is 17.6 Å². The van der Waals surface area contributed by atoms with E-state index in [4.69, 9.17) is 16.3 Å². The largest absolute Gasteiger partial charge is 0.381 e. The third-order valence-electron chi connectivity index (χ3n) is 4.89. The number of benzene rings is 1. The van der Waals surface area contributed by atoms with Gasteiger partial charge in [-0.2, -0.15) is 0 Å². The van der Waals surface area contributed by atoms with Crippen molar-refractivity contribution in [3.05, 3.63) is 34.9 Å². The fourth-order valence-electron chi connectivity index (χ4n) is 3.12. The molecular formula is C18H29ClN4O. The second kappa shape index (κ2) is 8.70. The number of nitrogens with zero attached hydrogens (tertiary/aromatic N) is 3. The quantitative estimate of drug-likeness (QED) is 0.652. The van der Waals surface area contributed by atoms with E-state index in [1.807, 2.05) is 38.4 Å². The van der Waals surface area contributed by atoms with Gasteiger partial charge in [0.15, 0.2) is 5.96 Å². The van der Waals surface area contributed by atoms with Gasteiger partial charge in [-0.1, -0.05) is 29.8 Å². The Bertz CT molecular complexity index is 556. The number of rotatable bonds is 5. The lowest BCUT2D eigenvalue weighted by atomic mass is 9.88. The summed E-state index contributed by atoms with van der Waals surface area (Å²) in [5.74, 6) is 0.877. The Balaban J connectivity index is 1.99. The smallest absolute Gasteiger partial charge is 0.193 e. The van der Waals surface area contributed by atoms with Gasteiger partial charge in [0, 0.05) is 51.0 Å². The molecule has 0 bridgehead atoms. The minimum atomic E-state index is 0.111. The molecule has 1 N–H and O–H groups in total. The number of guanidine groups is 1. The Morgan fingerprint density at radius 2 is 1.92 bits per heavy atom. The lowest BCUT2D eigenvalue weighted by Crippen LogP contribution is -2.57. The summed E-state index contributed by atoms with van der Waals surface area (Å²) in [6.45, 7) is 3.20. The van der Waals surface area contributed by atoms with Gasteiger partial charge in [-0.05, 0) is 38.6 Å². The SMILES string of the molecule is CN=C(NCC1(N(C)C)CCOCC1)N(C)Cc1ccccc1Cl. The van der Waals surface area contributed by atoms with E-state index < -0.39 is 0 Å². The van der Waals surface area contributed by atoms with Crippen LogP contribution in [0.3, 0.4) is 0 Å². The maximum Gasteiger partial charge on any atom is 0.193 e. The second-order valence-corrected chi connectivity index (χ2v) is 6.99. The van der Waals surface area contributed by atoms with Gasteiger partial charge >= 0.3 is 0 Å². The number of hydrogen-bond donors (Lipinski definition) is 1. The Hall–Kier alpha value is -1.30. The van der Waals surface area contributed by atoms with Gasteiger partial charge in [0.25, 0.3) is 0 Å². The topological polar surface area (TPSA) is 40.1 Å². The Morgan fingerprint density at radius 3 is 2.50 bits per heavy atom. The van der Waals surface area contributed by atoms with Crippen LogP contribution in [0.5, 0.6) is 0 Å². The summed E-state index contributed by atoms with van der Waals surface area (Å²) in [6.07, 6.45) is 2.05. The van der Waals surface area contributed by atoms with Crippen LogP contribution in [0.4, 0.5) is 0 Å². The fourth-order valence-corrected chi connectivity index (χ4v) is 3.31. The van der Waals surface area contributed by atoms with E-state index in [9.17, 15) is 0 Å². The maximum absolute atomic E-state index is 6.27. The summed E-state index contributed by atoms with van der Waals surface area (Å²) in [7, 11) is 8.13. The van der Waals surface area contributed by atoms with Crippen molar-refractivity contribution in [2.24, 2.45) is 4.99 Å². The molecule has 1 fully saturated rings. The first-order chi connectivity index (χ1) is 11.5. The molecular weight excluding hydrogens is 324 g/mol. The molecule has 1 heterocycles. The van der Waals surface area contributed by atoms with Gasteiger partial charge in [0.1, 0.15) is 0 Å². The Morgan fingerprint density at radius 1 is 1.25 bits per heavy atom. The van der Waals surface area contributed by atoms with Crippen LogP contribution in [-0.2, 0) is 11.3 Å². The molecule has 0 aromatic heterocycles. The molecule has 1 aliphatic heterocycles.